The maximum absolute atomic E-state index is 14.0. The Morgan fingerprint density at radius 1 is 1.12 bits per heavy atom. The molecule has 0 saturated carbocycles. The highest BCUT2D eigenvalue weighted by atomic mass is 35.5. The number of benzene rings is 2. The van der Waals surface area contributed by atoms with Gasteiger partial charge in [0.2, 0.25) is 0 Å². The summed E-state index contributed by atoms with van der Waals surface area (Å²) in [6.07, 6.45) is 1.51. The monoisotopic (exact) mass is 374 g/mol. The number of hydrogen-bond acceptors (Lipinski definition) is 1. The molecule has 3 aromatic rings. The third-order valence-corrected chi connectivity index (χ3v) is 5.32. The first-order valence-electron chi connectivity index (χ1n) is 8.54. The molecule has 1 N–H and O–H groups in total. The van der Waals surface area contributed by atoms with E-state index in [1.807, 2.05) is 6.07 Å². The molecule has 1 amide bonds. The molecule has 1 aliphatic rings. The smallest absolute Gasteiger partial charge is 0.258 e. The summed E-state index contributed by atoms with van der Waals surface area (Å²) < 4.78 is 27.3. The summed E-state index contributed by atoms with van der Waals surface area (Å²) in [5.74, 6) is -0.969. The van der Waals surface area contributed by atoms with Gasteiger partial charge in [-0.05, 0) is 49.2 Å². The number of aromatic amines is 1. The van der Waals surface area contributed by atoms with Gasteiger partial charge in [0, 0.05) is 35.6 Å². The molecule has 0 radical (unpaired) electrons. The number of nitrogens with one attached hydrogen (secondary N) is 1. The normalized spacial score (nSPS) is 15.6. The summed E-state index contributed by atoms with van der Waals surface area (Å²) in [6, 6.07) is 10.9. The quantitative estimate of drug-likeness (QED) is 0.664. The summed E-state index contributed by atoms with van der Waals surface area (Å²) in [6.45, 7) is 1.05. The fraction of sp³-hybridized carbons (Fsp3) is 0.250. The topological polar surface area (TPSA) is 36.1 Å². The number of rotatable bonds is 2. The van der Waals surface area contributed by atoms with Gasteiger partial charge < -0.3 is 9.88 Å². The molecule has 3 nitrogen and oxygen atoms in total. The van der Waals surface area contributed by atoms with Gasteiger partial charge in [0.1, 0.15) is 11.6 Å². The molecule has 0 atom stereocenters. The molecule has 2 aromatic carbocycles. The van der Waals surface area contributed by atoms with Crippen LogP contribution in [-0.2, 0) is 0 Å². The lowest BCUT2D eigenvalue weighted by Gasteiger charge is -2.32. The molecule has 134 valence electrons. The third-order valence-electron chi connectivity index (χ3n) is 5.00. The third kappa shape index (κ3) is 3.07. The zero-order chi connectivity index (χ0) is 18.3. The molecular formula is C20H17ClF2N2O. The van der Waals surface area contributed by atoms with E-state index >= 15 is 0 Å². The molecule has 0 spiro atoms. The van der Waals surface area contributed by atoms with Gasteiger partial charge in [-0.1, -0.05) is 17.7 Å². The summed E-state index contributed by atoms with van der Waals surface area (Å²) in [5, 5.41) is 0.978. The number of aromatic nitrogens is 1. The average Bonchev–Trinajstić information content (AvgIpc) is 3.04. The van der Waals surface area contributed by atoms with Crippen molar-refractivity contribution in [1.29, 1.82) is 0 Å². The lowest BCUT2D eigenvalue weighted by Crippen LogP contribution is -2.38. The minimum absolute atomic E-state index is 0.0614. The van der Waals surface area contributed by atoms with Crippen LogP contribution >= 0.6 is 11.6 Å². The molecule has 0 bridgehead atoms. The van der Waals surface area contributed by atoms with Crippen molar-refractivity contribution in [3.63, 3.8) is 0 Å². The zero-order valence-corrected chi connectivity index (χ0v) is 14.7. The minimum Gasteiger partial charge on any atom is -0.358 e. The molecule has 0 unspecified atom stereocenters. The van der Waals surface area contributed by atoms with Gasteiger partial charge in [-0.15, -0.1) is 0 Å². The molecule has 1 fully saturated rings. The molecule has 2 heterocycles. The predicted molar refractivity (Wildman–Crippen MR) is 97.5 cm³/mol. The van der Waals surface area contributed by atoms with E-state index in [9.17, 15) is 13.6 Å². The first-order chi connectivity index (χ1) is 12.5. The molecule has 26 heavy (non-hydrogen) atoms. The minimum atomic E-state index is -0.595. The van der Waals surface area contributed by atoms with E-state index in [-0.39, 0.29) is 28.2 Å². The van der Waals surface area contributed by atoms with Crippen molar-refractivity contribution in [2.45, 2.75) is 18.8 Å². The van der Waals surface area contributed by atoms with Crippen LogP contribution in [0.2, 0.25) is 5.02 Å². The number of amides is 1. The Morgan fingerprint density at radius 2 is 1.88 bits per heavy atom. The second-order valence-electron chi connectivity index (χ2n) is 6.62. The summed E-state index contributed by atoms with van der Waals surface area (Å²) in [4.78, 5) is 17.6. The van der Waals surface area contributed by atoms with Gasteiger partial charge in [-0.3, -0.25) is 4.79 Å². The predicted octanol–water partition coefficient (Wildman–Crippen LogP) is 5.12. The van der Waals surface area contributed by atoms with Crippen LogP contribution in [-0.4, -0.2) is 28.9 Å². The first kappa shape index (κ1) is 17.0. The maximum Gasteiger partial charge on any atom is 0.258 e. The Hall–Kier alpha value is -2.40. The van der Waals surface area contributed by atoms with E-state index in [4.69, 9.17) is 11.6 Å². The molecule has 1 aliphatic heterocycles. The number of carbonyl (C=O) groups excluding carboxylic acids is 1. The lowest BCUT2D eigenvalue weighted by molar-refractivity contribution is 0.0707. The van der Waals surface area contributed by atoms with Crippen LogP contribution in [0.15, 0.2) is 42.5 Å². The number of H-pyrrole nitrogens is 1. The highest BCUT2D eigenvalue weighted by molar-refractivity contribution is 6.33. The van der Waals surface area contributed by atoms with E-state index in [2.05, 4.69) is 4.98 Å². The van der Waals surface area contributed by atoms with Gasteiger partial charge in [-0.25, -0.2) is 8.78 Å². The van der Waals surface area contributed by atoms with E-state index in [0.29, 0.717) is 13.1 Å². The Labute approximate surface area is 154 Å². The Bertz CT molecular complexity index is 957. The van der Waals surface area contributed by atoms with Crippen LogP contribution in [0.4, 0.5) is 8.78 Å². The second kappa shape index (κ2) is 6.72. The first-order valence-corrected chi connectivity index (χ1v) is 8.92. The summed E-state index contributed by atoms with van der Waals surface area (Å²) in [5.41, 5.74) is 1.88. The van der Waals surface area contributed by atoms with Gasteiger partial charge in [0.25, 0.3) is 5.91 Å². The number of likely N-dealkylation sites (tertiary alicyclic amines) is 1. The Morgan fingerprint density at radius 3 is 2.62 bits per heavy atom. The van der Waals surface area contributed by atoms with Crippen LogP contribution in [0.3, 0.4) is 0 Å². The number of fused-ring (bicyclic) bond motifs is 1. The highest BCUT2D eigenvalue weighted by Gasteiger charge is 2.28. The average molecular weight is 375 g/mol. The van der Waals surface area contributed by atoms with Gasteiger partial charge in [0.05, 0.1) is 10.6 Å². The molecule has 0 aliphatic carbocycles. The summed E-state index contributed by atoms with van der Waals surface area (Å²) >= 11 is 6.00. The fourth-order valence-electron chi connectivity index (χ4n) is 3.60. The van der Waals surface area contributed by atoms with Crippen LogP contribution in [0.1, 0.15) is 34.8 Å². The van der Waals surface area contributed by atoms with Crippen molar-refractivity contribution in [3.05, 3.63) is 70.4 Å². The number of halogens is 3. The van der Waals surface area contributed by atoms with Crippen molar-refractivity contribution in [1.82, 2.24) is 9.88 Å². The molecular weight excluding hydrogens is 358 g/mol. The largest absolute Gasteiger partial charge is 0.358 e. The standard InChI is InChI=1S/C20H17ClF2N2O/c21-15-2-1-3-16(23)19(15)20(26)25-8-6-12(7-9-25)18-11-13-10-14(22)4-5-17(13)24-18/h1-5,10-12,24H,6-9H2. The Balaban J connectivity index is 1.49. The van der Waals surface area contributed by atoms with Crippen molar-refractivity contribution in [3.8, 4) is 0 Å². The van der Waals surface area contributed by atoms with Crippen molar-refractivity contribution in [2.75, 3.05) is 13.1 Å². The second-order valence-corrected chi connectivity index (χ2v) is 7.03. The Kier molecular flexibility index (Phi) is 4.41. The van der Waals surface area contributed by atoms with Gasteiger partial charge in [-0.2, -0.15) is 0 Å². The molecule has 6 heteroatoms. The van der Waals surface area contributed by atoms with Gasteiger partial charge in [0.15, 0.2) is 0 Å². The fourth-order valence-corrected chi connectivity index (χ4v) is 3.84. The van der Waals surface area contributed by atoms with Crippen molar-refractivity contribution < 1.29 is 13.6 Å². The lowest BCUT2D eigenvalue weighted by atomic mass is 9.93. The van der Waals surface area contributed by atoms with E-state index in [0.717, 1.165) is 29.4 Å². The molecule has 1 saturated heterocycles. The van der Waals surface area contributed by atoms with Crippen LogP contribution in [0.5, 0.6) is 0 Å². The molecule has 1 aromatic heterocycles. The summed E-state index contributed by atoms with van der Waals surface area (Å²) in [7, 11) is 0. The van der Waals surface area contributed by atoms with E-state index in [1.54, 1.807) is 11.0 Å². The number of carbonyl (C=O) groups is 1. The maximum atomic E-state index is 14.0. The van der Waals surface area contributed by atoms with Gasteiger partial charge >= 0.3 is 0 Å². The van der Waals surface area contributed by atoms with Crippen LogP contribution < -0.4 is 0 Å². The van der Waals surface area contributed by atoms with Crippen LogP contribution in [0, 0.1) is 11.6 Å². The van der Waals surface area contributed by atoms with Crippen LogP contribution in [0.25, 0.3) is 10.9 Å². The van der Waals surface area contributed by atoms with Crippen molar-refractivity contribution in [2.24, 2.45) is 0 Å². The molecule has 4 rings (SSSR count). The number of piperidine rings is 1. The SMILES string of the molecule is O=C(c1c(F)cccc1Cl)N1CCC(c2cc3cc(F)ccc3[nH]2)CC1. The number of nitrogens with zero attached hydrogens (tertiary/aromatic N) is 1. The van der Waals surface area contributed by atoms with E-state index < -0.39 is 5.82 Å². The highest BCUT2D eigenvalue weighted by Crippen LogP contribution is 2.31. The van der Waals surface area contributed by atoms with Crippen molar-refractivity contribution >= 4 is 28.4 Å². The zero-order valence-electron chi connectivity index (χ0n) is 13.9. The number of hydrogen-bond donors (Lipinski definition) is 1. The van der Waals surface area contributed by atoms with E-state index in [1.165, 1.54) is 30.3 Å².